The molecule has 2 aliphatic rings. The van der Waals surface area contributed by atoms with Crippen LogP contribution in [0.4, 0.5) is 9.18 Å². The van der Waals surface area contributed by atoms with E-state index in [1.54, 1.807) is 12.4 Å². The third kappa shape index (κ3) is 10.2. The van der Waals surface area contributed by atoms with Crippen LogP contribution in [0.5, 0.6) is 5.75 Å². The van der Waals surface area contributed by atoms with Crippen molar-refractivity contribution in [3.05, 3.63) is 76.8 Å². The highest BCUT2D eigenvalue weighted by Crippen LogP contribution is 2.53. The molecule has 0 radical (unpaired) electrons. The van der Waals surface area contributed by atoms with Gasteiger partial charge in [0.25, 0.3) is 0 Å². The number of aromatic nitrogens is 1. The molecule has 2 saturated carbocycles. The van der Waals surface area contributed by atoms with Crippen molar-refractivity contribution < 1.29 is 52.6 Å². The highest BCUT2D eigenvalue weighted by atomic mass is 35.5. The van der Waals surface area contributed by atoms with Crippen molar-refractivity contribution in [3.63, 3.8) is 0 Å². The summed E-state index contributed by atoms with van der Waals surface area (Å²) in [6, 6.07) is 11.2. The number of nitrogens with zero attached hydrogens (tertiary/aromatic N) is 2. The van der Waals surface area contributed by atoms with E-state index in [1.807, 2.05) is 30.3 Å². The van der Waals surface area contributed by atoms with Gasteiger partial charge in [-0.3, -0.25) is 4.98 Å². The number of halogens is 2. The molecule has 0 bridgehead atoms. The second-order valence-corrected chi connectivity index (χ2v) is 15.8. The van der Waals surface area contributed by atoms with Crippen LogP contribution in [0.1, 0.15) is 49.7 Å². The standard InChI is InChI=1S/C36H46ClFN4O10S/c1-42(15-5-4-13-40-35(48)41-19-29(44)33(46)34(47)30(45)20-43)53(49,50)32-16-22(27(37)17-28(32)38)21-51-36(11-12-36)26-18-39-14-10-24(26)25-6-2-3-7-31(25)52-23-8-9-23/h2-3,6-7,10,14,16-18,23,29-30,33-34,43-47H,4-5,8-9,11-13,15,19-21H2,1H3,(H2,40,41,48)/t29-,30+,33+,34+/m0/s1. The Hall–Kier alpha value is -3.45. The average Bonchev–Trinajstić information content (AvgIpc) is 4.10. The molecule has 4 atom stereocenters. The maximum atomic E-state index is 15.1. The van der Waals surface area contributed by atoms with Crippen LogP contribution in [0.2, 0.25) is 5.02 Å². The number of sulfonamides is 1. The molecule has 1 aromatic heterocycles. The van der Waals surface area contributed by atoms with Gasteiger partial charge in [-0.2, -0.15) is 0 Å². The number of rotatable bonds is 20. The quantitative estimate of drug-likeness (QED) is 0.0828. The smallest absolute Gasteiger partial charge is 0.314 e. The summed E-state index contributed by atoms with van der Waals surface area (Å²) in [5.74, 6) is -0.220. The SMILES string of the molecule is CN(CCCCNC(=O)NC[C@H](O)[C@@H](O)[C@H](O)[C@H](O)CO)S(=O)(=O)c1cc(COC2(c3cnccc3-c3ccccc3OC3CC3)CC2)c(Cl)cc1F. The first-order valence-corrected chi connectivity index (χ1v) is 19.2. The van der Waals surface area contributed by atoms with Gasteiger partial charge in [0.1, 0.15) is 34.8 Å². The van der Waals surface area contributed by atoms with Gasteiger partial charge < -0.3 is 45.6 Å². The molecule has 2 aliphatic carbocycles. The van der Waals surface area contributed by atoms with E-state index < -0.39 is 69.9 Å². The van der Waals surface area contributed by atoms with Gasteiger partial charge in [0.05, 0.1) is 31.0 Å². The lowest BCUT2D eigenvalue weighted by Gasteiger charge is -2.25. The lowest BCUT2D eigenvalue weighted by atomic mass is 9.96. The maximum Gasteiger partial charge on any atom is 0.314 e. The second kappa shape index (κ2) is 17.8. The van der Waals surface area contributed by atoms with Gasteiger partial charge >= 0.3 is 6.03 Å². The van der Waals surface area contributed by atoms with Crippen LogP contribution in [0.25, 0.3) is 11.1 Å². The normalized spacial score (nSPS) is 17.5. The summed E-state index contributed by atoms with van der Waals surface area (Å²) in [5, 5.41) is 52.5. The number of hydrogen-bond acceptors (Lipinski definition) is 11. The van der Waals surface area contributed by atoms with Crippen molar-refractivity contribution in [1.29, 1.82) is 0 Å². The van der Waals surface area contributed by atoms with Crippen LogP contribution >= 0.6 is 11.6 Å². The number of amides is 2. The third-order valence-electron chi connectivity index (χ3n) is 9.29. The number of pyridine rings is 1. The molecule has 14 nitrogen and oxygen atoms in total. The van der Waals surface area contributed by atoms with Gasteiger partial charge in [0.2, 0.25) is 10.0 Å². The van der Waals surface area contributed by atoms with E-state index in [4.69, 9.17) is 26.2 Å². The van der Waals surface area contributed by atoms with Crippen molar-refractivity contribution in [1.82, 2.24) is 19.9 Å². The van der Waals surface area contributed by atoms with Crippen LogP contribution in [0.3, 0.4) is 0 Å². The summed E-state index contributed by atoms with van der Waals surface area (Å²) in [5.41, 5.74) is 2.33. The summed E-state index contributed by atoms with van der Waals surface area (Å²) in [6.07, 6.45) is 0.846. The second-order valence-electron chi connectivity index (χ2n) is 13.4. The molecule has 53 heavy (non-hydrogen) atoms. The van der Waals surface area contributed by atoms with Crippen LogP contribution in [-0.4, -0.2) is 113 Å². The number of aliphatic hydroxyl groups excluding tert-OH is 5. The first kappa shape index (κ1) is 40.7. The van der Waals surface area contributed by atoms with E-state index >= 15 is 4.39 Å². The highest BCUT2D eigenvalue weighted by Gasteiger charge is 2.48. The number of carbonyl (C=O) groups is 1. The molecule has 7 N–H and O–H groups in total. The van der Waals surface area contributed by atoms with E-state index in [9.17, 15) is 33.6 Å². The van der Waals surface area contributed by atoms with Gasteiger partial charge in [-0.1, -0.05) is 29.8 Å². The third-order valence-corrected chi connectivity index (χ3v) is 11.5. The Kier molecular flexibility index (Phi) is 13.7. The number of nitrogens with one attached hydrogen (secondary N) is 2. The van der Waals surface area contributed by atoms with E-state index in [1.165, 1.54) is 13.1 Å². The summed E-state index contributed by atoms with van der Waals surface area (Å²) in [7, 11) is -2.96. The number of ether oxygens (including phenoxy) is 2. The molecule has 0 saturated heterocycles. The zero-order chi connectivity index (χ0) is 38.3. The minimum atomic E-state index is -4.28. The summed E-state index contributed by atoms with van der Waals surface area (Å²) in [4.78, 5) is 15.9. The van der Waals surface area contributed by atoms with Crippen LogP contribution in [0, 0.1) is 5.82 Å². The first-order valence-electron chi connectivity index (χ1n) is 17.4. The molecule has 2 aromatic carbocycles. The number of aliphatic hydroxyl groups is 5. The van der Waals surface area contributed by atoms with E-state index in [0.29, 0.717) is 31.2 Å². The fraction of sp³-hybridized carbons (Fsp3) is 0.500. The fourth-order valence-corrected chi connectivity index (χ4v) is 7.25. The molecule has 3 aromatic rings. The Morgan fingerprint density at radius 2 is 1.77 bits per heavy atom. The van der Waals surface area contributed by atoms with Crippen molar-refractivity contribution in [2.45, 2.75) is 86.1 Å². The molecule has 2 amide bonds. The minimum absolute atomic E-state index is 0.00827. The Bertz CT molecular complexity index is 1830. The average molecular weight is 781 g/mol. The van der Waals surface area contributed by atoms with Crippen molar-refractivity contribution in [3.8, 4) is 16.9 Å². The number of benzene rings is 2. The predicted octanol–water partition coefficient (Wildman–Crippen LogP) is 2.42. The van der Waals surface area contributed by atoms with Gasteiger partial charge in [0, 0.05) is 55.2 Å². The predicted molar refractivity (Wildman–Crippen MR) is 192 cm³/mol. The number of carbonyl (C=O) groups excluding carboxylic acids is 1. The minimum Gasteiger partial charge on any atom is -0.490 e. The molecule has 5 rings (SSSR count). The van der Waals surface area contributed by atoms with Crippen LogP contribution in [0.15, 0.2) is 59.8 Å². The number of urea groups is 1. The summed E-state index contributed by atoms with van der Waals surface area (Å²) < 4.78 is 55.7. The molecule has 0 spiro atoms. The zero-order valence-corrected chi connectivity index (χ0v) is 30.8. The Balaban J connectivity index is 1.15. The van der Waals surface area contributed by atoms with Crippen molar-refractivity contribution >= 4 is 27.7 Å². The summed E-state index contributed by atoms with van der Waals surface area (Å²) in [6.45, 7) is -1.23. The Morgan fingerprint density at radius 1 is 1.06 bits per heavy atom. The number of para-hydroxylation sites is 1. The lowest BCUT2D eigenvalue weighted by molar-refractivity contribution is -0.113. The molecule has 1 heterocycles. The monoisotopic (exact) mass is 780 g/mol. The summed E-state index contributed by atoms with van der Waals surface area (Å²) >= 11 is 6.41. The van der Waals surface area contributed by atoms with Crippen LogP contribution in [-0.2, 0) is 27.0 Å². The van der Waals surface area contributed by atoms with Gasteiger partial charge in [-0.25, -0.2) is 21.9 Å². The molecule has 2 fully saturated rings. The highest BCUT2D eigenvalue weighted by molar-refractivity contribution is 7.89. The van der Waals surface area contributed by atoms with E-state index in [-0.39, 0.29) is 30.8 Å². The Morgan fingerprint density at radius 3 is 2.47 bits per heavy atom. The van der Waals surface area contributed by atoms with Crippen molar-refractivity contribution in [2.75, 3.05) is 33.3 Å². The van der Waals surface area contributed by atoms with Crippen molar-refractivity contribution in [2.24, 2.45) is 0 Å². The van der Waals surface area contributed by atoms with E-state index in [2.05, 4.69) is 15.6 Å². The Labute approximate surface area is 312 Å². The fourth-order valence-electron chi connectivity index (χ4n) is 5.74. The topological polar surface area (TPSA) is 211 Å². The van der Waals surface area contributed by atoms with Crippen LogP contribution < -0.4 is 15.4 Å². The number of unbranched alkanes of at least 4 members (excludes halogenated alkanes) is 1. The molecule has 17 heteroatoms. The largest absolute Gasteiger partial charge is 0.490 e. The molecular weight excluding hydrogens is 735 g/mol. The van der Waals surface area contributed by atoms with Gasteiger partial charge in [-0.05, 0) is 73.9 Å². The number of hydrogen-bond donors (Lipinski definition) is 7. The van der Waals surface area contributed by atoms with Gasteiger partial charge in [0.15, 0.2) is 0 Å². The molecule has 0 unspecified atom stereocenters. The zero-order valence-electron chi connectivity index (χ0n) is 29.2. The first-order chi connectivity index (χ1) is 25.3. The molecule has 290 valence electrons. The van der Waals surface area contributed by atoms with E-state index in [0.717, 1.165) is 45.7 Å². The lowest BCUT2D eigenvalue weighted by Crippen LogP contribution is -2.50. The van der Waals surface area contributed by atoms with Gasteiger partial charge in [-0.15, -0.1) is 0 Å². The molecule has 0 aliphatic heterocycles. The molecular formula is C36H46ClFN4O10S. The maximum absolute atomic E-state index is 15.1.